The van der Waals surface area contributed by atoms with Crippen molar-refractivity contribution in [2.45, 2.75) is 12.5 Å². The summed E-state index contributed by atoms with van der Waals surface area (Å²) < 4.78 is 0. The highest BCUT2D eigenvalue weighted by Gasteiger charge is 2.40. The summed E-state index contributed by atoms with van der Waals surface area (Å²) in [4.78, 5) is 15.8. The lowest BCUT2D eigenvalue weighted by molar-refractivity contribution is -0.123. The van der Waals surface area contributed by atoms with Crippen LogP contribution in [0.4, 0.5) is 0 Å². The third kappa shape index (κ3) is 1.57. The van der Waals surface area contributed by atoms with Crippen LogP contribution in [0.2, 0.25) is 5.02 Å². The number of carbonyl (C=O) groups is 1. The Hall–Kier alpha value is -1.55. The number of nitrogens with zero attached hydrogens (tertiary/aromatic N) is 1. The second-order valence-corrected chi connectivity index (χ2v) is 3.97. The number of hydrogen-bond donors (Lipinski definition) is 2. The molecule has 0 fully saturated rings. The first-order valence-corrected chi connectivity index (χ1v) is 4.83. The molecule has 1 atom stereocenters. The number of halogens is 1. The molecular weight excluding hydrogens is 214 g/mol. The molecule has 1 aliphatic heterocycles. The average molecular weight is 224 g/mol. The van der Waals surface area contributed by atoms with Gasteiger partial charge in [0.15, 0.2) is 11.5 Å². The summed E-state index contributed by atoms with van der Waals surface area (Å²) >= 11 is 5.86. The zero-order valence-electron chi connectivity index (χ0n) is 8.12. The predicted molar refractivity (Wildman–Crippen MR) is 58.6 cm³/mol. The Balaban J connectivity index is 2.50. The van der Waals surface area contributed by atoms with Crippen molar-refractivity contribution in [1.29, 1.82) is 0 Å². The molecule has 1 heterocycles. The summed E-state index contributed by atoms with van der Waals surface area (Å²) in [6, 6.07) is 7.03. The summed E-state index contributed by atoms with van der Waals surface area (Å²) in [6.45, 7) is 1.70. The van der Waals surface area contributed by atoms with Crippen LogP contribution < -0.4 is 11.1 Å². The minimum absolute atomic E-state index is 0.141. The van der Waals surface area contributed by atoms with Crippen LogP contribution in [0.25, 0.3) is 0 Å². The third-order valence-electron chi connectivity index (χ3n) is 2.41. The van der Waals surface area contributed by atoms with Crippen LogP contribution in [-0.4, -0.2) is 11.9 Å². The molecule has 0 aromatic heterocycles. The number of amides is 1. The fourth-order valence-electron chi connectivity index (χ4n) is 1.54. The first kappa shape index (κ1) is 9.98. The molecule has 0 aliphatic carbocycles. The molecular formula is C10H10ClN3O. The molecule has 1 aromatic rings. The van der Waals surface area contributed by atoms with E-state index in [0.717, 1.165) is 5.56 Å². The fraction of sp³-hybridized carbons (Fsp3) is 0.200. The van der Waals surface area contributed by atoms with E-state index in [1.165, 1.54) is 0 Å². The fourth-order valence-corrected chi connectivity index (χ4v) is 1.73. The van der Waals surface area contributed by atoms with E-state index in [-0.39, 0.29) is 11.9 Å². The molecule has 0 bridgehead atoms. The molecule has 1 unspecified atom stereocenters. The Bertz CT molecular complexity index is 458. The van der Waals surface area contributed by atoms with Gasteiger partial charge in [-0.2, -0.15) is 0 Å². The van der Waals surface area contributed by atoms with Crippen molar-refractivity contribution in [3.63, 3.8) is 0 Å². The number of hydrogen-bond acceptors (Lipinski definition) is 3. The Labute approximate surface area is 92.1 Å². The topological polar surface area (TPSA) is 67.5 Å². The van der Waals surface area contributed by atoms with E-state index in [1.54, 1.807) is 31.2 Å². The van der Waals surface area contributed by atoms with Gasteiger partial charge in [-0.25, -0.2) is 4.99 Å². The first-order valence-electron chi connectivity index (χ1n) is 4.45. The molecule has 2 rings (SSSR count). The van der Waals surface area contributed by atoms with E-state index >= 15 is 0 Å². The van der Waals surface area contributed by atoms with E-state index < -0.39 is 5.54 Å². The van der Waals surface area contributed by atoms with Crippen molar-refractivity contribution in [3.05, 3.63) is 34.9 Å². The Kier molecular flexibility index (Phi) is 2.16. The van der Waals surface area contributed by atoms with Crippen LogP contribution in [0.5, 0.6) is 0 Å². The summed E-state index contributed by atoms with van der Waals surface area (Å²) in [7, 11) is 0. The molecule has 0 spiro atoms. The van der Waals surface area contributed by atoms with Crippen LogP contribution in [0.1, 0.15) is 12.5 Å². The highest BCUT2D eigenvalue weighted by atomic mass is 35.5. The largest absolute Gasteiger partial charge is 0.370 e. The summed E-state index contributed by atoms with van der Waals surface area (Å²) in [6.07, 6.45) is 0. The van der Waals surface area contributed by atoms with Crippen LogP contribution in [0.15, 0.2) is 29.3 Å². The Morgan fingerprint density at radius 3 is 2.80 bits per heavy atom. The van der Waals surface area contributed by atoms with Gasteiger partial charge < -0.3 is 5.73 Å². The smallest absolute Gasteiger partial charge is 0.259 e. The second-order valence-electron chi connectivity index (χ2n) is 3.53. The van der Waals surface area contributed by atoms with Gasteiger partial charge in [-0.05, 0) is 24.6 Å². The molecule has 15 heavy (non-hydrogen) atoms. The van der Waals surface area contributed by atoms with Crippen molar-refractivity contribution in [3.8, 4) is 0 Å². The summed E-state index contributed by atoms with van der Waals surface area (Å²) in [5.74, 6) is -0.0928. The van der Waals surface area contributed by atoms with Crippen LogP contribution in [0, 0.1) is 0 Å². The van der Waals surface area contributed by atoms with Gasteiger partial charge in [-0.1, -0.05) is 23.7 Å². The Morgan fingerprint density at radius 1 is 1.53 bits per heavy atom. The van der Waals surface area contributed by atoms with Crippen molar-refractivity contribution >= 4 is 23.5 Å². The summed E-state index contributed by atoms with van der Waals surface area (Å²) in [5, 5.41) is 3.04. The average Bonchev–Trinajstić information content (AvgIpc) is 2.42. The third-order valence-corrected chi connectivity index (χ3v) is 2.65. The first-order chi connectivity index (χ1) is 7.02. The van der Waals surface area contributed by atoms with Crippen molar-refractivity contribution < 1.29 is 4.79 Å². The highest BCUT2D eigenvalue weighted by molar-refractivity contribution is 6.30. The van der Waals surface area contributed by atoms with E-state index in [0.29, 0.717) is 5.02 Å². The summed E-state index contributed by atoms with van der Waals surface area (Å²) in [5.41, 5.74) is 5.23. The maximum absolute atomic E-state index is 11.7. The van der Waals surface area contributed by atoms with Gasteiger partial charge in [0.05, 0.1) is 0 Å². The maximum Gasteiger partial charge on any atom is 0.259 e. The number of nitrogens with one attached hydrogen (secondary N) is 1. The molecule has 1 aliphatic rings. The van der Waals surface area contributed by atoms with E-state index in [9.17, 15) is 4.79 Å². The van der Waals surface area contributed by atoms with Gasteiger partial charge in [-0.3, -0.25) is 10.1 Å². The number of guanidine groups is 1. The SMILES string of the molecule is CC1(c2cccc(Cl)c2)N=C(N)NC1=O. The molecule has 3 N–H and O–H groups in total. The maximum atomic E-state index is 11.7. The lowest BCUT2D eigenvalue weighted by Gasteiger charge is -2.17. The van der Waals surface area contributed by atoms with Gasteiger partial charge in [0.25, 0.3) is 5.91 Å². The number of rotatable bonds is 1. The number of nitrogens with two attached hydrogens (primary N) is 1. The van der Waals surface area contributed by atoms with E-state index in [1.807, 2.05) is 0 Å². The minimum atomic E-state index is -0.963. The van der Waals surface area contributed by atoms with E-state index in [4.69, 9.17) is 17.3 Å². The second kappa shape index (κ2) is 3.24. The standard InChI is InChI=1S/C10H10ClN3O/c1-10(8(15)13-9(12)14-10)6-3-2-4-7(11)5-6/h2-5H,1H3,(H3,12,13,14,15). The number of carbonyl (C=O) groups excluding carboxylic acids is 1. The highest BCUT2D eigenvalue weighted by Crippen LogP contribution is 2.29. The van der Waals surface area contributed by atoms with Gasteiger partial charge in [0.1, 0.15) is 0 Å². The van der Waals surface area contributed by atoms with Crippen LogP contribution in [0.3, 0.4) is 0 Å². The molecule has 0 saturated heterocycles. The quantitative estimate of drug-likeness (QED) is 0.746. The van der Waals surface area contributed by atoms with Gasteiger partial charge in [-0.15, -0.1) is 0 Å². The molecule has 78 valence electrons. The zero-order valence-corrected chi connectivity index (χ0v) is 8.88. The van der Waals surface area contributed by atoms with Crippen LogP contribution in [-0.2, 0) is 10.3 Å². The molecule has 5 heteroatoms. The molecule has 0 radical (unpaired) electrons. The number of benzene rings is 1. The molecule has 1 aromatic carbocycles. The molecule has 1 amide bonds. The predicted octanol–water partition coefficient (Wildman–Crippen LogP) is 1.000. The molecule has 4 nitrogen and oxygen atoms in total. The van der Waals surface area contributed by atoms with Crippen LogP contribution >= 0.6 is 11.6 Å². The number of aliphatic imine (C=N–C) groups is 1. The van der Waals surface area contributed by atoms with Gasteiger partial charge >= 0.3 is 0 Å². The van der Waals surface area contributed by atoms with Gasteiger partial charge in [0, 0.05) is 5.02 Å². The lowest BCUT2D eigenvalue weighted by Crippen LogP contribution is -2.37. The van der Waals surface area contributed by atoms with Crippen molar-refractivity contribution in [2.75, 3.05) is 0 Å². The Morgan fingerprint density at radius 2 is 2.27 bits per heavy atom. The van der Waals surface area contributed by atoms with Crippen molar-refractivity contribution in [2.24, 2.45) is 10.7 Å². The monoisotopic (exact) mass is 223 g/mol. The zero-order chi connectivity index (χ0) is 11.1. The van der Waals surface area contributed by atoms with E-state index in [2.05, 4.69) is 10.3 Å². The molecule has 0 saturated carbocycles. The van der Waals surface area contributed by atoms with Gasteiger partial charge in [0.2, 0.25) is 0 Å². The lowest BCUT2D eigenvalue weighted by atomic mass is 9.93. The van der Waals surface area contributed by atoms with Crippen molar-refractivity contribution in [1.82, 2.24) is 5.32 Å². The normalized spacial score (nSPS) is 24.9. The minimum Gasteiger partial charge on any atom is -0.370 e.